The number of hydrogen-bond acceptors (Lipinski definition) is 4. The second kappa shape index (κ2) is 8.89. The van der Waals surface area contributed by atoms with Crippen LogP contribution in [0.1, 0.15) is 30.1 Å². The number of anilines is 1. The molecule has 0 heterocycles. The van der Waals surface area contributed by atoms with E-state index in [1.807, 2.05) is 6.92 Å². The smallest absolute Gasteiger partial charge is 0.320 e. The van der Waals surface area contributed by atoms with Crippen LogP contribution in [0, 0.1) is 0 Å². The van der Waals surface area contributed by atoms with Crippen LogP contribution in [0.15, 0.2) is 24.3 Å². The summed E-state index contributed by atoms with van der Waals surface area (Å²) >= 11 is 0. The summed E-state index contributed by atoms with van der Waals surface area (Å²) in [5.74, 6) is -1.42. The molecule has 0 aliphatic carbocycles. The summed E-state index contributed by atoms with van der Waals surface area (Å²) in [5, 5.41) is 14.4. The number of nitrogens with zero attached hydrogens (tertiary/aromatic N) is 1. The largest absolute Gasteiger partial charge is 0.480 e. The van der Waals surface area contributed by atoms with Gasteiger partial charge in [0.25, 0.3) is 5.91 Å². The van der Waals surface area contributed by atoms with Gasteiger partial charge >= 0.3 is 5.97 Å². The van der Waals surface area contributed by atoms with Crippen molar-refractivity contribution >= 4 is 23.5 Å². The van der Waals surface area contributed by atoms with Crippen molar-refractivity contribution in [1.82, 2.24) is 10.2 Å². The van der Waals surface area contributed by atoms with Gasteiger partial charge in [0.05, 0.1) is 6.54 Å². The van der Waals surface area contributed by atoms with E-state index in [0.717, 1.165) is 0 Å². The number of nitrogens with one attached hydrogen (secondary N) is 2. The highest BCUT2D eigenvalue weighted by Crippen LogP contribution is 2.10. The van der Waals surface area contributed by atoms with Gasteiger partial charge in [-0.1, -0.05) is 13.3 Å². The van der Waals surface area contributed by atoms with Gasteiger partial charge in [0.1, 0.15) is 6.04 Å². The van der Waals surface area contributed by atoms with Crippen molar-refractivity contribution in [2.45, 2.75) is 25.8 Å². The molecule has 1 aromatic rings. The Hall–Kier alpha value is -2.41. The third-order valence-electron chi connectivity index (χ3n) is 3.21. The zero-order valence-corrected chi connectivity index (χ0v) is 13.6. The van der Waals surface area contributed by atoms with Crippen LogP contribution in [0.25, 0.3) is 0 Å². The lowest BCUT2D eigenvalue weighted by molar-refractivity contribution is -0.139. The number of amides is 2. The van der Waals surface area contributed by atoms with Crippen LogP contribution < -0.4 is 10.6 Å². The van der Waals surface area contributed by atoms with Crippen molar-refractivity contribution in [2.75, 3.05) is 26.0 Å². The van der Waals surface area contributed by atoms with Crippen molar-refractivity contribution in [3.05, 3.63) is 29.8 Å². The summed E-state index contributed by atoms with van der Waals surface area (Å²) in [6.45, 7) is 1.80. The van der Waals surface area contributed by atoms with Gasteiger partial charge in [0.15, 0.2) is 0 Å². The summed E-state index contributed by atoms with van der Waals surface area (Å²) in [6, 6.07) is 5.79. The molecule has 1 aromatic carbocycles. The van der Waals surface area contributed by atoms with Crippen LogP contribution in [0.5, 0.6) is 0 Å². The molecule has 0 aliphatic rings. The molecule has 0 aliphatic heterocycles. The summed E-state index contributed by atoms with van der Waals surface area (Å²) in [4.78, 5) is 36.0. The van der Waals surface area contributed by atoms with E-state index in [-0.39, 0.29) is 18.4 Å². The fraction of sp³-hybridized carbons (Fsp3) is 0.438. The van der Waals surface area contributed by atoms with Crippen molar-refractivity contribution in [3.63, 3.8) is 0 Å². The minimum Gasteiger partial charge on any atom is -0.480 e. The molecule has 1 unspecified atom stereocenters. The molecule has 0 fully saturated rings. The van der Waals surface area contributed by atoms with Gasteiger partial charge in [0.2, 0.25) is 5.91 Å². The van der Waals surface area contributed by atoms with Crippen LogP contribution in [0.2, 0.25) is 0 Å². The normalized spacial score (nSPS) is 11.6. The maximum Gasteiger partial charge on any atom is 0.320 e. The minimum atomic E-state index is -0.966. The number of carbonyl (C=O) groups excluding carboxylic acids is 2. The molecule has 1 atom stereocenters. The number of carboxylic acid groups (broad SMARTS) is 1. The molecule has 1 rings (SSSR count). The Bertz CT molecular complexity index is 555. The summed E-state index contributed by atoms with van der Waals surface area (Å²) in [6.07, 6.45) is 1.18. The number of benzene rings is 1. The van der Waals surface area contributed by atoms with Gasteiger partial charge in [-0.2, -0.15) is 0 Å². The molecular formula is C16H23N3O4. The molecule has 0 aromatic heterocycles. The summed E-state index contributed by atoms with van der Waals surface area (Å²) in [5.41, 5.74) is 1.08. The predicted molar refractivity (Wildman–Crippen MR) is 87.4 cm³/mol. The van der Waals surface area contributed by atoms with Crippen LogP contribution >= 0.6 is 0 Å². The molecule has 23 heavy (non-hydrogen) atoms. The maximum absolute atomic E-state index is 11.8. The molecule has 2 amide bonds. The van der Waals surface area contributed by atoms with Gasteiger partial charge in [-0.3, -0.25) is 19.7 Å². The first kappa shape index (κ1) is 18.6. The molecule has 0 bridgehead atoms. The van der Waals surface area contributed by atoms with E-state index < -0.39 is 12.0 Å². The number of hydrogen-bond donors (Lipinski definition) is 3. The fourth-order valence-electron chi connectivity index (χ4n) is 1.98. The SMILES string of the molecule is CCCC(NCC(=O)Nc1ccc(C(=O)N(C)C)cc1)C(=O)O. The lowest BCUT2D eigenvalue weighted by Crippen LogP contribution is -2.41. The molecular weight excluding hydrogens is 298 g/mol. The molecule has 0 saturated heterocycles. The van der Waals surface area contributed by atoms with E-state index >= 15 is 0 Å². The van der Waals surface area contributed by atoms with E-state index in [1.165, 1.54) is 4.90 Å². The number of rotatable bonds is 8. The number of carboxylic acids is 1. The topological polar surface area (TPSA) is 98.7 Å². The lowest BCUT2D eigenvalue weighted by Gasteiger charge is -2.14. The van der Waals surface area contributed by atoms with Crippen molar-refractivity contribution < 1.29 is 19.5 Å². The standard InChI is InChI=1S/C16H23N3O4/c1-4-5-13(16(22)23)17-10-14(20)18-12-8-6-11(7-9-12)15(21)19(2)3/h6-9,13,17H,4-5,10H2,1-3H3,(H,18,20)(H,22,23). The van der Waals surface area contributed by atoms with Crippen LogP contribution in [0.3, 0.4) is 0 Å². The van der Waals surface area contributed by atoms with Crippen LogP contribution in [-0.4, -0.2) is 54.5 Å². The lowest BCUT2D eigenvalue weighted by atomic mass is 10.1. The minimum absolute atomic E-state index is 0.0879. The van der Waals surface area contributed by atoms with Crippen LogP contribution in [0.4, 0.5) is 5.69 Å². The Morgan fingerprint density at radius 3 is 2.26 bits per heavy atom. The Kier molecular flexibility index (Phi) is 7.21. The highest BCUT2D eigenvalue weighted by atomic mass is 16.4. The average Bonchev–Trinajstić information content (AvgIpc) is 2.51. The third-order valence-corrected chi connectivity index (χ3v) is 3.21. The van der Waals surface area contributed by atoms with E-state index in [4.69, 9.17) is 5.11 Å². The Morgan fingerprint density at radius 1 is 1.17 bits per heavy atom. The van der Waals surface area contributed by atoms with Crippen LogP contribution in [-0.2, 0) is 9.59 Å². The zero-order valence-electron chi connectivity index (χ0n) is 13.6. The van der Waals surface area contributed by atoms with E-state index in [1.54, 1.807) is 38.4 Å². The number of aliphatic carboxylic acids is 1. The highest BCUT2D eigenvalue weighted by Gasteiger charge is 2.16. The first-order valence-corrected chi connectivity index (χ1v) is 7.43. The Labute approximate surface area is 135 Å². The maximum atomic E-state index is 11.8. The summed E-state index contributed by atoms with van der Waals surface area (Å²) in [7, 11) is 3.33. The van der Waals surface area contributed by atoms with Gasteiger partial charge in [-0.25, -0.2) is 0 Å². The van der Waals surface area contributed by atoms with Crippen molar-refractivity contribution in [3.8, 4) is 0 Å². The van der Waals surface area contributed by atoms with Gasteiger partial charge in [-0.05, 0) is 30.7 Å². The zero-order chi connectivity index (χ0) is 17.4. The molecule has 126 valence electrons. The fourth-order valence-corrected chi connectivity index (χ4v) is 1.98. The van der Waals surface area contributed by atoms with E-state index in [9.17, 15) is 14.4 Å². The van der Waals surface area contributed by atoms with E-state index in [0.29, 0.717) is 24.1 Å². The number of carbonyl (C=O) groups is 3. The Morgan fingerprint density at radius 2 is 1.78 bits per heavy atom. The highest BCUT2D eigenvalue weighted by molar-refractivity contribution is 5.96. The molecule has 7 nitrogen and oxygen atoms in total. The second-order valence-electron chi connectivity index (χ2n) is 5.39. The molecule has 0 spiro atoms. The molecule has 3 N–H and O–H groups in total. The van der Waals surface area contributed by atoms with Gasteiger partial charge < -0.3 is 15.3 Å². The van der Waals surface area contributed by atoms with Crippen molar-refractivity contribution in [2.24, 2.45) is 0 Å². The van der Waals surface area contributed by atoms with Gasteiger partial charge in [0, 0.05) is 25.3 Å². The average molecular weight is 321 g/mol. The van der Waals surface area contributed by atoms with E-state index in [2.05, 4.69) is 10.6 Å². The molecule has 0 saturated carbocycles. The van der Waals surface area contributed by atoms with Gasteiger partial charge in [-0.15, -0.1) is 0 Å². The second-order valence-corrected chi connectivity index (χ2v) is 5.39. The summed E-state index contributed by atoms with van der Waals surface area (Å²) < 4.78 is 0. The predicted octanol–water partition coefficient (Wildman–Crippen LogP) is 1.17. The monoisotopic (exact) mass is 321 g/mol. The molecule has 0 radical (unpaired) electrons. The third kappa shape index (κ3) is 6.07. The molecule has 7 heteroatoms. The van der Waals surface area contributed by atoms with Crippen molar-refractivity contribution in [1.29, 1.82) is 0 Å². The first-order chi connectivity index (χ1) is 10.8. The first-order valence-electron chi connectivity index (χ1n) is 7.43. The Balaban J connectivity index is 2.54. The quantitative estimate of drug-likeness (QED) is 0.667.